The van der Waals surface area contributed by atoms with Crippen LogP contribution in [0.5, 0.6) is 0 Å². The van der Waals surface area contributed by atoms with Crippen LogP contribution in [0.3, 0.4) is 0 Å². The fourth-order valence-electron chi connectivity index (χ4n) is 0.682. The van der Waals surface area contributed by atoms with E-state index in [1.165, 1.54) is 0 Å². The van der Waals surface area contributed by atoms with Gasteiger partial charge in [0.1, 0.15) is 13.5 Å². The lowest BCUT2D eigenvalue weighted by atomic mass is 10.1. The monoisotopic (exact) mass is 170 g/mol. The zero-order valence-corrected chi connectivity index (χ0v) is 8.98. The van der Waals surface area contributed by atoms with Crippen LogP contribution >= 0.6 is 0 Å². The first-order valence-corrected chi connectivity index (χ1v) is 7.53. The van der Waals surface area contributed by atoms with Crippen LogP contribution < -0.4 is 0 Å². The van der Waals surface area contributed by atoms with Gasteiger partial charge < -0.3 is 4.79 Å². The van der Waals surface area contributed by atoms with E-state index in [0.717, 1.165) is 0 Å². The van der Waals surface area contributed by atoms with Gasteiger partial charge in [-0.05, 0) is 5.92 Å². The van der Waals surface area contributed by atoms with Gasteiger partial charge in [0.05, 0.1) is 0 Å². The summed E-state index contributed by atoms with van der Waals surface area (Å²) in [6.45, 7) is 12.0. The van der Waals surface area contributed by atoms with Gasteiger partial charge in [0.2, 0.25) is 0 Å². The molecule has 0 aliphatic heterocycles. The molecular weight excluding hydrogens is 152 g/mol. The molecule has 2 heteroatoms. The highest BCUT2D eigenvalue weighted by Crippen LogP contribution is 2.11. The molecule has 0 N–H and O–H groups in total. The van der Waals surface area contributed by atoms with Gasteiger partial charge in [0, 0.05) is 6.42 Å². The van der Waals surface area contributed by atoms with Crippen LogP contribution in [-0.2, 0) is 4.79 Å². The lowest BCUT2D eigenvalue weighted by molar-refractivity contribution is -0.113. The maximum Gasteiger partial charge on any atom is 0.123 e. The average Bonchev–Trinajstić information content (AvgIpc) is 1.85. The Morgan fingerprint density at radius 1 is 1.55 bits per heavy atom. The summed E-state index contributed by atoms with van der Waals surface area (Å²) in [5, 5.41) is 0.449. The third-order valence-corrected chi connectivity index (χ3v) is 3.62. The largest absolute Gasteiger partial charge is 0.305 e. The Balaban J connectivity index is 3.98. The van der Waals surface area contributed by atoms with E-state index in [0.29, 0.717) is 17.7 Å². The molecule has 0 heterocycles. The molecule has 0 aromatic carbocycles. The second-order valence-corrected chi connectivity index (χ2v) is 9.15. The van der Waals surface area contributed by atoms with Gasteiger partial charge in [0.25, 0.3) is 0 Å². The standard InChI is InChI=1S/C9H18OSi/c1-6-8(2)7-9(10)11(3,4)5/h6,8H,1,7H2,2-5H3/t8-/m1/s1. The van der Waals surface area contributed by atoms with Gasteiger partial charge in [-0.25, -0.2) is 0 Å². The second-order valence-electron chi connectivity index (χ2n) is 4.09. The number of hydrogen-bond acceptors (Lipinski definition) is 1. The molecule has 0 aromatic rings. The summed E-state index contributed by atoms with van der Waals surface area (Å²) in [4.78, 5) is 11.4. The van der Waals surface area contributed by atoms with E-state index in [2.05, 4.69) is 26.2 Å². The molecule has 0 spiro atoms. The molecule has 0 radical (unpaired) electrons. The number of carbonyl (C=O) groups excluding carboxylic acids is 1. The summed E-state index contributed by atoms with van der Waals surface area (Å²) < 4.78 is 0. The Bertz CT molecular complexity index is 155. The minimum atomic E-state index is -1.53. The van der Waals surface area contributed by atoms with Crippen LogP contribution in [0, 0.1) is 5.92 Å². The summed E-state index contributed by atoms with van der Waals surface area (Å²) >= 11 is 0. The first-order valence-electron chi connectivity index (χ1n) is 4.03. The lowest BCUT2D eigenvalue weighted by Crippen LogP contribution is -2.34. The number of rotatable bonds is 4. The molecule has 0 bridgehead atoms. The van der Waals surface area contributed by atoms with Crippen LogP contribution in [-0.4, -0.2) is 13.5 Å². The highest BCUT2D eigenvalue weighted by atomic mass is 28.3. The molecule has 0 fully saturated rings. The van der Waals surface area contributed by atoms with Crippen molar-refractivity contribution in [2.45, 2.75) is 33.0 Å². The maximum absolute atomic E-state index is 11.4. The molecule has 11 heavy (non-hydrogen) atoms. The van der Waals surface area contributed by atoms with Gasteiger partial charge in [-0.15, -0.1) is 6.58 Å². The van der Waals surface area contributed by atoms with Crippen molar-refractivity contribution in [1.82, 2.24) is 0 Å². The molecule has 0 aliphatic rings. The summed E-state index contributed by atoms with van der Waals surface area (Å²) in [6.07, 6.45) is 2.53. The summed E-state index contributed by atoms with van der Waals surface area (Å²) in [5.74, 6) is 0.342. The molecule has 0 amide bonds. The topological polar surface area (TPSA) is 17.1 Å². The van der Waals surface area contributed by atoms with E-state index < -0.39 is 8.07 Å². The Morgan fingerprint density at radius 2 is 2.00 bits per heavy atom. The summed E-state index contributed by atoms with van der Waals surface area (Å²) in [5.41, 5.74) is 0. The fourth-order valence-corrected chi connectivity index (χ4v) is 1.62. The highest BCUT2D eigenvalue weighted by molar-refractivity contribution is 7.03. The molecule has 1 nitrogen and oxygen atoms in total. The van der Waals surface area contributed by atoms with E-state index in [4.69, 9.17) is 0 Å². The van der Waals surface area contributed by atoms with Crippen LogP contribution in [0.15, 0.2) is 12.7 Å². The van der Waals surface area contributed by atoms with Crippen LogP contribution in [0.2, 0.25) is 19.6 Å². The zero-order chi connectivity index (χ0) is 9.07. The van der Waals surface area contributed by atoms with Gasteiger partial charge in [0.15, 0.2) is 0 Å². The zero-order valence-electron chi connectivity index (χ0n) is 7.98. The van der Waals surface area contributed by atoms with Crippen molar-refractivity contribution >= 4 is 13.5 Å². The summed E-state index contributed by atoms with van der Waals surface area (Å²) in [7, 11) is -1.53. The van der Waals surface area contributed by atoms with Crippen molar-refractivity contribution < 1.29 is 4.79 Å². The Kier molecular flexibility index (Phi) is 3.73. The Labute approximate surface area is 70.5 Å². The van der Waals surface area contributed by atoms with E-state index in [-0.39, 0.29) is 0 Å². The normalized spacial score (nSPS) is 14.2. The molecule has 0 saturated heterocycles. The van der Waals surface area contributed by atoms with Gasteiger partial charge in [-0.1, -0.05) is 32.6 Å². The van der Waals surface area contributed by atoms with Crippen LogP contribution in [0.4, 0.5) is 0 Å². The number of allylic oxidation sites excluding steroid dienone is 1. The Hall–Kier alpha value is -0.373. The van der Waals surface area contributed by atoms with E-state index in [1.807, 2.05) is 13.0 Å². The first-order chi connectivity index (χ1) is 4.88. The molecule has 64 valence electrons. The molecule has 0 aromatic heterocycles. The van der Waals surface area contributed by atoms with E-state index in [9.17, 15) is 4.79 Å². The average molecular weight is 170 g/mol. The minimum absolute atomic E-state index is 0.342. The molecule has 0 aliphatic carbocycles. The van der Waals surface area contributed by atoms with Crippen LogP contribution in [0.1, 0.15) is 13.3 Å². The third-order valence-electron chi connectivity index (χ3n) is 1.75. The van der Waals surface area contributed by atoms with Crippen molar-refractivity contribution in [2.75, 3.05) is 0 Å². The van der Waals surface area contributed by atoms with Gasteiger partial charge in [-0.3, -0.25) is 0 Å². The van der Waals surface area contributed by atoms with Crippen molar-refractivity contribution in [2.24, 2.45) is 5.92 Å². The quantitative estimate of drug-likeness (QED) is 0.468. The van der Waals surface area contributed by atoms with Crippen molar-refractivity contribution in [3.8, 4) is 0 Å². The van der Waals surface area contributed by atoms with E-state index in [1.54, 1.807) is 0 Å². The first kappa shape index (κ1) is 10.6. The molecule has 0 saturated carbocycles. The van der Waals surface area contributed by atoms with Crippen molar-refractivity contribution in [3.63, 3.8) is 0 Å². The summed E-state index contributed by atoms with van der Waals surface area (Å²) in [6, 6.07) is 0. The number of carbonyl (C=O) groups is 1. The molecule has 1 atom stereocenters. The van der Waals surface area contributed by atoms with Gasteiger partial charge in [-0.2, -0.15) is 0 Å². The SMILES string of the molecule is C=C[C@@H](C)CC(=O)[Si](C)(C)C. The maximum atomic E-state index is 11.4. The van der Waals surface area contributed by atoms with Crippen molar-refractivity contribution in [3.05, 3.63) is 12.7 Å². The third kappa shape index (κ3) is 4.14. The molecular formula is C9H18OSi. The fraction of sp³-hybridized carbons (Fsp3) is 0.667. The number of hydrogen-bond donors (Lipinski definition) is 0. The van der Waals surface area contributed by atoms with Gasteiger partial charge >= 0.3 is 0 Å². The minimum Gasteiger partial charge on any atom is -0.305 e. The smallest absolute Gasteiger partial charge is 0.123 e. The second kappa shape index (κ2) is 3.86. The van der Waals surface area contributed by atoms with Crippen LogP contribution in [0.25, 0.3) is 0 Å². The Morgan fingerprint density at radius 3 is 2.27 bits per heavy atom. The molecule has 0 rings (SSSR count). The predicted molar refractivity (Wildman–Crippen MR) is 52.3 cm³/mol. The lowest BCUT2D eigenvalue weighted by Gasteiger charge is -2.15. The van der Waals surface area contributed by atoms with Crippen molar-refractivity contribution in [1.29, 1.82) is 0 Å². The van der Waals surface area contributed by atoms with E-state index >= 15 is 0 Å². The molecule has 0 unspecified atom stereocenters. The predicted octanol–water partition coefficient (Wildman–Crippen LogP) is 2.65. The highest BCUT2D eigenvalue weighted by Gasteiger charge is 2.24.